The average molecular weight is 631 g/mol. The van der Waals surface area contributed by atoms with E-state index in [0.29, 0.717) is 0 Å². The predicted octanol–water partition coefficient (Wildman–Crippen LogP) is 12.5. The summed E-state index contributed by atoms with van der Waals surface area (Å²) in [6.07, 6.45) is 0. The van der Waals surface area contributed by atoms with Gasteiger partial charge >= 0.3 is 0 Å². The number of hydrogen-bond acceptors (Lipinski definition) is 3. The Bertz CT molecular complexity index is 2750. The summed E-state index contributed by atoms with van der Waals surface area (Å²) >= 11 is 1.87. The fourth-order valence-electron chi connectivity index (χ4n) is 7.81. The molecule has 0 radical (unpaired) electrons. The molecule has 0 saturated carbocycles. The third-order valence-corrected chi connectivity index (χ3v) is 11.4. The smallest absolute Gasteiger partial charge is 0.0973 e. The first kappa shape index (κ1) is 27.5. The van der Waals surface area contributed by atoms with E-state index in [1.165, 1.54) is 64.3 Å². The maximum Gasteiger partial charge on any atom is 0.0973 e. The van der Waals surface area contributed by atoms with Gasteiger partial charge in [-0.2, -0.15) is 0 Å². The molecular weight excluding hydrogens is 601 g/mol. The molecule has 0 atom stereocenters. The van der Waals surface area contributed by atoms with Crippen molar-refractivity contribution in [2.75, 3.05) is 0 Å². The van der Waals surface area contributed by atoms with Gasteiger partial charge < -0.3 is 0 Å². The first-order valence-electron chi connectivity index (χ1n) is 16.5. The minimum absolute atomic E-state index is 0.0871. The Morgan fingerprint density at radius 2 is 1.10 bits per heavy atom. The molecule has 1 aliphatic rings. The zero-order chi connectivity index (χ0) is 32.0. The lowest BCUT2D eigenvalue weighted by atomic mass is 9.81. The van der Waals surface area contributed by atoms with Crippen LogP contribution in [0.15, 0.2) is 146 Å². The van der Waals surface area contributed by atoms with Gasteiger partial charge in [0.05, 0.1) is 22.4 Å². The molecule has 10 rings (SSSR count). The summed E-state index contributed by atoms with van der Waals surface area (Å²) < 4.78 is 2.68. The van der Waals surface area contributed by atoms with Crippen molar-refractivity contribution >= 4 is 53.3 Å². The summed E-state index contributed by atoms with van der Waals surface area (Å²) in [5, 5.41) is 5.26. The lowest BCUT2D eigenvalue weighted by Crippen LogP contribution is -2.15. The number of fused-ring (bicyclic) bond motifs is 9. The van der Waals surface area contributed by atoms with E-state index < -0.39 is 0 Å². The topological polar surface area (TPSA) is 25.8 Å². The molecule has 2 aromatic heterocycles. The number of hydrogen-bond donors (Lipinski definition) is 0. The molecule has 0 fully saturated rings. The lowest BCUT2D eigenvalue weighted by Gasteiger charge is -2.22. The van der Waals surface area contributed by atoms with Crippen molar-refractivity contribution in [2.24, 2.45) is 0 Å². The van der Waals surface area contributed by atoms with Crippen molar-refractivity contribution in [3.63, 3.8) is 0 Å². The predicted molar refractivity (Wildman–Crippen MR) is 204 cm³/mol. The minimum Gasteiger partial charge on any atom is -0.244 e. The third kappa shape index (κ3) is 4.04. The molecule has 1 aliphatic carbocycles. The normalized spacial score (nSPS) is 13.4. The highest BCUT2D eigenvalue weighted by Crippen LogP contribution is 2.50. The van der Waals surface area contributed by atoms with Crippen LogP contribution in [0.2, 0.25) is 0 Å². The molecule has 48 heavy (non-hydrogen) atoms. The van der Waals surface area contributed by atoms with Crippen LogP contribution < -0.4 is 0 Å². The molecule has 0 N–H and O–H groups in total. The molecule has 2 heterocycles. The minimum atomic E-state index is -0.0871. The first-order valence-corrected chi connectivity index (χ1v) is 17.3. The standard InChI is InChI=1S/C45H30N2S/c1-45(2)36-11-5-3-9-33(36)34-23-20-31(26-37(34)45)44-43(46-38-12-6-7-13-39(38)47-44)28-17-15-27(16-18-28)29-19-22-32-30(25-29)21-24-41-42(32)35-10-4-8-14-40(35)48-41/h3-26H,1-2H3. The second-order valence-electron chi connectivity index (χ2n) is 13.4. The van der Waals surface area contributed by atoms with Crippen LogP contribution in [-0.4, -0.2) is 9.97 Å². The van der Waals surface area contributed by atoms with Gasteiger partial charge in [0.15, 0.2) is 0 Å². The highest BCUT2D eigenvalue weighted by atomic mass is 32.1. The second kappa shape index (κ2) is 10.2. The molecule has 0 aliphatic heterocycles. The van der Waals surface area contributed by atoms with E-state index in [9.17, 15) is 0 Å². The molecule has 0 unspecified atom stereocenters. The first-order chi connectivity index (χ1) is 23.5. The van der Waals surface area contributed by atoms with Crippen LogP contribution >= 0.6 is 11.3 Å². The van der Waals surface area contributed by atoms with Gasteiger partial charge in [-0.15, -0.1) is 11.3 Å². The molecular formula is C45H30N2S. The van der Waals surface area contributed by atoms with E-state index in [1.807, 2.05) is 23.5 Å². The van der Waals surface area contributed by atoms with E-state index >= 15 is 0 Å². The lowest BCUT2D eigenvalue weighted by molar-refractivity contribution is 0.660. The molecule has 0 saturated heterocycles. The van der Waals surface area contributed by atoms with E-state index in [2.05, 4.69) is 147 Å². The van der Waals surface area contributed by atoms with Crippen molar-refractivity contribution in [1.82, 2.24) is 9.97 Å². The molecule has 0 amide bonds. The number of aromatic nitrogens is 2. The summed E-state index contributed by atoms with van der Waals surface area (Å²) in [4.78, 5) is 10.5. The largest absolute Gasteiger partial charge is 0.244 e. The Morgan fingerprint density at radius 3 is 1.94 bits per heavy atom. The van der Waals surface area contributed by atoms with Crippen LogP contribution in [0.25, 0.3) is 86.7 Å². The summed E-state index contributed by atoms with van der Waals surface area (Å²) in [6.45, 7) is 4.65. The maximum atomic E-state index is 5.24. The molecule has 0 spiro atoms. The molecule has 7 aromatic carbocycles. The van der Waals surface area contributed by atoms with Gasteiger partial charge in [-0.25, -0.2) is 9.97 Å². The third-order valence-electron chi connectivity index (χ3n) is 10.3. The van der Waals surface area contributed by atoms with Gasteiger partial charge in [-0.05, 0) is 80.6 Å². The molecule has 226 valence electrons. The van der Waals surface area contributed by atoms with E-state index in [-0.39, 0.29) is 5.41 Å². The summed E-state index contributed by atoms with van der Waals surface area (Å²) in [6, 6.07) is 52.8. The van der Waals surface area contributed by atoms with Crippen molar-refractivity contribution in [3.8, 4) is 44.8 Å². The monoisotopic (exact) mass is 630 g/mol. The van der Waals surface area contributed by atoms with Crippen molar-refractivity contribution in [1.29, 1.82) is 0 Å². The van der Waals surface area contributed by atoms with E-state index in [0.717, 1.165) is 33.5 Å². The fourth-order valence-corrected chi connectivity index (χ4v) is 8.93. The quantitative estimate of drug-likeness (QED) is 0.194. The highest BCUT2D eigenvalue weighted by Gasteiger charge is 2.35. The molecule has 9 aromatic rings. The Labute approximate surface area is 283 Å². The van der Waals surface area contributed by atoms with Crippen LogP contribution in [0.1, 0.15) is 25.0 Å². The Hall–Kier alpha value is -5.64. The zero-order valence-electron chi connectivity index (χ0n) is 26.7. The van der Waals surface area contributed by atoms with Gasteiger partial charge in [0.25, 0.3) is 0 Å². The number of rotatable bonds is 3. The Morgan fingerprint density at radius 1 is 0.458 bits per heavy atom. The number of benzene rings is 7. The Kier molecular flexibility index (Phi) is 5.82. The van der Waals surface area contributed by atoms with Crippen molar-refractivity contribution < 1.29 is 0 Å². The summed E-state index contributed by atoms with van der Waals surface area (Å²) in [5.41, 5.74) is 13.4. The van der Waals surface area contributed by atoms with Crippen LogP contribution in [0.3, 0.4) is 0 Å². The van der Waals surface area contributed by atoms with Crippen LogP contribution in [-0.2, 0) is 5.41 Å². The van der Waals surface area contributed by atoms with Gasteiger partial charge in [-0.1, -0.05) is 123 Å². The maximum absolute atomic E-state index is 5.24. The molecule has 0 bridgehead atoms. The van der Waals surface area contributed by atoms with Crippen LogP contribution in [0.5, 0.6) is 0 Å². The SMILES string of the molecule is CC1(C)c2ccccc2-c2ccc(-c3nc4ccccc4nc3-c3ccc(-c4ccc5c(ccc6sc7ccccc7c65)c4)cc3)cc21. The highest BCUT2D eigenvalue weighted by molar-refractivity contribution is 7.26. The van der Waals surface area contributed by atoms with Gasteiger partial charge in [0.2, 0.25) is 0 Å². The Balaban J connectivity index is 1.08. The number of para-hydroxylation sites is 2. The van der Waals surface area contributed by atoms with Gasteiger partial charge in [0.1, 0.15) is 0 Å². The number of thiophene rings is 1. The summed E-state index contributed by atoms with van der Waals surface area (Å²) in [5.74, 6) is 0. The van der Waals surface area contributed by atoms with Gasteiger partial charge in [0, 0.05) is 36.7 Å². The van der Waals surface area contributed by atoms with Crippen molar-refractivity contribution in [2.45, 2.75) is 19.3 Å². The van der Waals surface area contributed by atoms with Crippen LogP contribution in [0.4, 0.5) is 0 Å². The van der Waals surface area contributed by atoms with Crippen LogP contribution in [0, 0.1) is 0 Å². The molecule has 2 nitrogen and oxygen atoms in total. The van der Waals surface area contributed by atoms with Gasteiger partial charge in [-0.3, -0.25) is 0 Å². The zero-order valence-corrected chi connectivity index (χ0v) is 27.5. The number of nitrogens with zero attached hydrogens (tertiary/aromatic N) is 2. The fraction of sp³-hybridized carbons (Fsp3) is 0.0667. The summed E-state index contributed by atoms with van der Waals surface area (Å²) in [7, 11) is 0. The van der Waals surface area contributed by atoms with E-state index in [1.54, 1.807) is 0 Å². The second-order valence-corrected chi connectivity index (χ2v) is 14.5. The molecule has 3 heteroatoms. The van der Waals surface area contributed by atoms with E-state index in [4.69, 9.17) is 9.97 Å². The van der Waals surface area contributed by atoms with Crippen molar-refractivity contribution in [3.05, 3.63) is 157 Å². The average Bonchev–Trinajstić information content (AvgIpc) is 3.63.